The van der Waals surface area contributed by atoms with E-state index in [1.54, 1.807) is 13.2 Å². The summed E-state index contributed by atoms with van der Waals surface area (Å²) in [5, 5.41) is 12.1. The standard InChI is InChI=1S/C24H20N4O4S/c1-31-18-11-9-17(10-12-18)20-14-19(16-6-3-2-4-7-16)25-28(20)22(29)15-27-24(30)32-23(26-27)21-8-5-13-33-21/h2-13,20H,14-15H2,1H3. The molecule has 0 fully saturated rings. The highest BCUT2D eigenvalue weighted by molar-refractivity contribution is 7.13. The number of benzene rings is 2. The summed E-state index contributed by atoms with van der Waals surface area (Å²) in [7, 11) is 1.61. The molecule has 0 bridgehead atoms. The van der Waals surface area contributed by atoms with Crippen molar-refractivity contribution in [3.63, 3.8) is 0 Å². The van der Waals surface area contributed by atoms with E-state index >= 15 is 0 Å². The minimum absolute atomic E-state index is 0.199. The maximum Gasteiger partial charge on any atom is 0.437 e. The molecule has 1 aliphatic heterocycles. The lowest BCUT2D eigenvalue weighted by molar-refractivity contribution is -0.134. The maximum atomic E-state index is 13.3. The fraction of sp³-hybridized carbons (Fsp3) is 0.167. The molecule has 1 atom stereocenters. The molecule has 5 rings (SSSR count). The van der Waals surface area contributed by atoms with Crippen LogP contribution in [0.1, 0.15) is 23.6 Å². The molecule has 0 aliphatic carbocycles. The van der Waals surface area contributed by atoms with Crippen LogP contribution in [0.25, 0.3) is 10.8 Å². The first-order chi connectivity index (χ1) is 16.1. The quantitative estimate of drug-likeness (QED) is 0.435. The van der Waals surface area contributed by atoms with Gasteiger partial charge in [-0.2, -0.15) is 9.78 Å². The number of hydrogen-bond acceptors (Lipinski definition) is 7. The molecule has 1 aliphatic rings. The second kappa shape index (κ2) is 8.87. The van der Waals surface area contributed by atoms with Gasteiger partial charge >= 0.3 is 5.76 Å². The van der Waals surface area contributed by atoms with E-state index in [-0.39, 0.29) is 24.4 Å². The molecule has 166 valence electrons. The molecule has 2 aromatic heterocycles. The maximum absolute atomic E-state index is 13.3. The average Bonchev–Trinajstić information content (AvgIpc) is 3.60. The van der Waals surface area contributed by atoms with Gasteiger partial charge in [0, 0.05) is 6.42 Å². The summed E-state index contributed by atoms with van der Waals surface area (Å²) >= 11 is 1.40. The third-order valence-corrected chi connectivity index (χ3v) is 6.25. The molecule has 9 heteroatoms. The summed E-state index contributed by atoms with van der Waals surface area (Å²) < 4.78 is 11.5. The van der Waals surface area contributed by atoms with Crippen LogP contribution in [0.4, 0.5) is 0 Å². The van der Waals surface area contributed by atoms with Crippen LogP contribution in [0.5, 0.6) is 5.75 Å². The van der Waals surface area contributed by atoms with E-state index in [1.807, 2.05) is 66.0 Å². The third-order valence-electron chi connectivity index (χ3n) is 5.40. The zero-order chi connectivity index (χ0) is 22.8. The van der Waals surface area contributed by atoms with Gasteiger partial charge < -0.3 is 9.15 Å². The summed E-state index contributed by atoms with van der Waals surface area (Å²) in [5.74, 6) is -0.104. The number of carbonyl (C=O) groups excluding carboxylic acids is 1. The van der Waals surface area contributed by atoms with Crippen LogP contribution < -0.4 is 10.5 Å². The van der Waals surface area contributed by atoms with Gasteiger partial charge in [-0.3, -0.25) is 4.79 Å². The molecule has 3 heterocycles. The Labute approximate surface area is 193 Å². The van der Waals surface area contributed by atoms with Crippen LogP contribution >= 0.6 is 11.3 Å². The van der Waals surface area contributed by atoms with E-state index in [2.05, 4.69) is 10.2 Å². The van der Waals surface area contributed by atoms with E-state index in [9.17, 15) is 9.59 Å². The first kappa shape index (κ1) is 20.9. The van der Waals surface area contributed by atoms with Crippen LogP contribution in [0.15, 0.2) is 86.4 Å². The van der Waals surface area contributed by atoms with E-state index in [0.29, 0.717) is 6.42 Å². The number of aromatic nitrogens is 2. The molecule has 0 spiro atoms. The third kappa shape index (κ3) is 4.22. The Morgan fingerprint density at radius 2 is 1.91 bits per heavy atom. The fourth-order valence-corrected chi connectivity index (χ4v) is 4.38. The number of rotatable bonds is 6. The summed E-state index contributed by atoms with van der Waals surface area (Å²) in [5.41, 5.74) is 2.67. The topological polar surface area (TPSA) is 89.9 Å². The fourth-order valence-electron chi connectivity index (χ4n) is 3.74. The summed E-state index contributed by atoms with van der Waals surface area (Å²) in [6, 6.07) is 20.6. The molecule has 4 aromatic rings. The highest BCUT2D eigenvalue weighted by Gasteiger charge is 2.33. The van der Waals surface area contributed by atoms with Gasteiger partial charge in [0.2, 0.25) is 0 Å². The van der Waals surface area contributed by atoms with E-state index in [0.717, 1.165) is 32.1 Å². The predicted molar refractivity (Wildman–Crippen MR) is 124 cm³/mol. The lowest BCUT2D eigenvalue weighted by Gasteiger charge is -2.22. The van der Waals surface area contributed by atoms with Crippen LogP contribution in [0.2, 0.25) is 0 Å². The molecule has 8 nitrogen and oxygen atoms in total. The van der Waals surface area contributed by atoms with Crippen LogP contribution in [0.3, 0.4) is 0 Å². The van der Waals surface area contributed by atoms with Crippen molar-refractivity contribution >= 4 is 23.0 Å². The van der Waals surface area contributed by atoms with Gasteiger partial charge in [-0.15, -0.1) is 16.4 Å². The van der Waals surface area contributed by atoms with Crippen molar-refractivity contribution in [3.8, 4) is 16.5 Å². The zero-order valence-electron chi connectivity index (χ0n) is 17.7. The number of carbonyl (C=O) groups is 1. The SMILES string of the molecule is COc1ccc(C2CC(c3ccccc3)=NN2C(=O)Cn2nc(-c3cccs3)oc2=O)cc1. The van der Waals surface area contributed by atoms with Crippen molar-refractivity contribution in [2.75, 3.05) is 7.11 Å². The number of methoxy groups -OCH3 is 1. The zero-order valence-corrected chi connectivity index (χ0v) is 18.6. The Balaban J connectivity index is 1.45. The average molecular weight is 461 g/mol. The van der Waals surface area contributed by atoms with E-state index in [1.165, 1.54) is 16.3 Å². The molecule has 0 saturated heterocycles. The Bertz CT molecular complexity index is 1340. The second-order valence-corrected chi connectivity index (χ2v) is 8.40. The number of ether oxygens (including phenoxy) is 1. The normalized spacial score (nSPS) is 15.5. The molecular formula is C24H20N4O4S. The predicted octanol–water partition coefficient (Wildman–Crippen LogP) is 3.95. The summed E-state index contributed by atoms with van der Waals surface area (Å²) in [6.45, 7) is -0.272. The van der Waals surface area contributed by atoms with E-state index in [4.69, 9.17) is 9.15 Å². The Kier molecular flexibility index (Phi) is 5.62. The minimum atomic E-state index is -0.681. The minimum Gasteiger partial charge on any atom is -0.497 e. The van der Waals surface area contributed by atoms with Crippen LogP contribution in [-0.2, 0) is 11.3 Å². The summed E-state index contributed by atoms with van der Waals surface area (Å²) in [6.07, 6.45) is 0.552. The molecule has 1 unspecified atom stereocenters. The highest BCUT2D eigenvalue weighted by atomic mass is 32.1. The van der Waals surface area contributed by atoms with Gasteiger partial charge in [0.25, 0.3) is 11.8 Å². The molecular weight excluding hydrogens is 440 g/mol. The lowest BCUT2D eigenvalue weighted by Crippen LogP contribution is -2.33. The van der Waals surface area contributed by atoms with Crippen molar-refractivity contribution in [1.82, 2.24) is 14.8 Å². The Morgan fingerprint density at radius 1 is 1.12 bits per heavy atom. The summed E-state index contributed by atoms with van der Waals surface area (Å²) in [4.78, 5) is 26.3. The van der Waals surface area contributed by atoms with Gasteiger partial charge in [0.05, 0.1) is 23.7 Å². The second-order valence-electron chi connectivity index (χ2n) is 7.45. The van der Waals surface area contributed by atoms with Gasteiger partial charge in [-0.1, -0.05) is 48.5 Å². The first-order valence-corrected chi connectivity index (χ1v) is 11.2. The Morgan fingerprint density at radius 3 is 2.61 bits per heavy atom. The number of nitrogens with zero attached hydrogens (tertiary/aromatic N) is 4. The lowest BCUT2D eigenvalue weighted by atomic mass is 9.98. The smallest absolute Gasteiger partial charge is 0.437 e. The van der Waals surface area contributed by atoms with Crippen molar-refractivity contribution in [2.45, 2.75) is 19.0 Å². The molecule has 0 N–H and O–H groups in total. The number of amides is 1. The van der Waals surface area contributed by atoms with Crippen molar-refractivity contribution < 1.29 is 13.9 Å². The first-order valence-electron chi connectivity index (χ1n) is 10.3. The molecule has 33 heavy (non-hydrogen) atoms. The number of hydrogen-bond donors (Lipinski definition) is 0. The van der Waals surface area contributed by atoms with Crippen LogP contribution in [0, 0.1) is 0 Å². The van der Waals surface area contributed by atoms with Crippen molar-refractivity contribution in [3.05, 3.63) is 93.8 Å². The van der Waals surface area contributed by atoms with Gasteiger partial charge in [0.15, 0.2) is 0 Å². The molecule has 1 amide bonds. The molecule has 0 saturated carbocycles. The Hall–Kier alpha value is -3.98. The largest absolute Gasteiger partial charge is 0.497 e. The highest BCUT2D eigenvalue weighted by Crippen LogP contribution is 2.33. The number of hydrazone groups is 1. The van der Waals surface area contributed by atoms with Crippen molar-refractivity contribution in [2.24, 2.45) is 5.10 Å². The van der Waals surface area contributed by atoms with Gasteiger partial charge in [-0.25, -0.2) is 9.80 Å². The van der Waals surface area contributed by atoms with Crippen molar-refractivity contribution in [1.29, 1.82) is 0 Å². The van der Waals surface area contributed by atoms with Gasteiger partial charge in [-0.05, 0) is 34.7 Å². The molecule has 2 aromatic carbocycles. The van der Waals surface area contributed by atoms with Gasteiger partial charge in [0.1, 0.15) is 12.3 Å². The van der Waals surface area contributed by atoms with Crippen LogP contribution in [-0.4, -0.2) is 33.5 Å². The number of thiophene rings is 1. The van der Waals surface area contributed by atoms with E-state index < -0.39 is 5.76 Å². The monoisotopic (exact) mass is 460 g/mol. The molecule has 0 radical (unpaired) electrons.